The lowest BCUT2D eigenvalue weighted by molar-refractivity contribution is -0.274. The molecular formula is C15H4BrF8NO3. The molecule has 2 aromatic carbocycles. The fraction of sp³-hybridized carbons (Fsp3) is 0.133. The van der Waals surface area contributed by atoms with Crippen LogP contribution in [0, 0.1) is 11.6 Å². The minimum atomic E-state index is -5.10. The molecule has 0 amide bonds. The molecule has 0 aromatic heterocycles. The van der Waals surface area contributed by atoms with Gasteiger partial charge in [0.05, 0.1) is 10.0 Å². The summed E-state index contributed by atoms with van der Waals surface area (Å²) in [6.45, 7) is 0. The highest BCUT2D eigenvalue weighted by Crippen LogP contribution is 2.44. The predicted molar refractivity (Wildman–Crippen MR) is 80.0 cm³/mol. The van der Waals surface area contributed by atoms with Gasteiger partial charge in [-0.05, 0) is 34.1 Å². The van der Waals surface area contributed by atoms with Crippen molar-refractivity contribution in [3.63, 3.8) is 0 Å². The number of isocyanates is 1. The van der Waals surface area contributed by atoms with E-state index in [0.717, 1.165) is 6.08 Å². The van der Waals surface area contributed by atoms with Crippen LogP contribution in [0.25, 0.3) is 0 Å². The SMILES string of the molecule is O=C=Nc1cc(OC(F)(F)F)cc(Br)c1Oc1c(F)cc(C(F)(F)F)cc1F. The Balaban J connectivity index is 2.53. The maximum absolute atomic E-state index is 13.9. The number of nitrogens with zero attached hydrogens (tertiary/aromatic N) is 1. The van der Waals surface area contributed by atoms with Crippen molar-refractivity contribution in [2.75, 3.05) is 0 Å². The molecule has 0 saturated carbocycles. The Kier molecular flexibility index (Phi) is 6.00. The molecule has 0 aliphatic rings. The zero-order valence-corrected chi connectivity index (χ0v) is 14.5. The van der Waals surface area contributed by atoms with Gasteiger partial charge in [-0.15, -0.1) is 13.2 Å². The second kappa shape index (κ2) is 7.76. The lowest BCUT2D eigenvalue weighted by Gasteiger charge is -2.15. The number of ether oxygens (including phenoxy) is 2. The van der Waals surface area contributed by atoms with Crippen molar-refractivity contribution in [1.82, 2.24) is 0 Å². The molecule has 0 aliphatic heterocycles. The highest BCUT2D eigenvalue weighted by molar-refractivity contribution is 9.10. The van der Waals surface area contributed by atoms with Gasteiger partial charge in [0.1, 0.15) is 11.4 Å². The summed E-state index contributed by atoms with van der Waals surface area (Å²) in [6.07, 6.45) is -9.15. The summed E-state index contributed by atoms with van der Waals surface area (Å²) in [5.41, 5.74) is -2.32. The lowest BCUT2D eigenvalue weighted by atomic mass is 10.2. The largest absolute Gasteiger partial charge is 0.573 e. The van der Waals surface area contributed by atoms with Crippen LogP contribution in [0.2, 0.25) is 0 Å². The maximum Gasteiger partial charge on any atom is 0.573 e. The zero-order chi connectivity index (χ0) is 21.3. The molecule has 0 fully saturated rings. The van der Waals surface area contributed by atoms with Gasteiger partial charge in [0, 0.05) is 6.07 Å². The highest BCUT2D eigenvalue weighted by atomic mass is 79.9. The van der Waals surface area contributed by atoms with E-state index in [9.17, 15) is 39.9 Å². The number of benzene rings is 2. The summed E-state index contributed by atoms with van der Waals surface area (Å²) in [7, 11) is 0. The van der Waals surface area contributed by atoms with Crippen LogP contribution >= 0.6 is 15.9 Å². The minimum absolute atomic E-state index is 0.0455. The van der Waals surface area contributed by atoms with Gasteiger partial charge in [-0.2, -0.15) is 18.2 Å². The van der Waals surface area contributed by atoms with Crippen LogP contribution in [0.3, 0.4) is 0 Å². The van der Waals surface area contributed by atoms with Gasteiger partial charge in [-0.25, -0.2) is 13.6 Å². The van der Waals surface area contributed by atoms with E-state index in [1.54, 1.807) is 0 Å². The second-order valence-corrected chi connectivity index (χ2v) is 5.73. The maximum atomic E-state index is 13.9. The Labute approximate surface area is 158 Å². The van der Waals surface area contributed by atoms with E-state index in [1.165, 1.54) is 0 Å². The molecule has 0 unspecified atom stereocenters. The molecule has 0 saturated heterocycles. The Morgan fingerprint density at radius 3 is 1.96 bits per heavy atom. The molecule has 2 rings (SSSR count). The normalized spacial score (nSPS) is 11.8. The van der Waals surface area contributed by atoms with Gasteiger partial charge in [-0.1, -0.05) is 0 Å². The van der Waals surface area contributed by atoms with Crippen LogP contribution in [-0.4, -0.2) is 12.4 Å². The van der Waals surface area contributed by atoms with E-state index < -0.39 is 57.1 Å². The average Bonchev–Trinajstić information content (AvgIpc) is 2.50. The van der Waals surface area contributed by atoms with Gasteiger partial charge >= 0.3 is 12.5 Å². The quantitative estimate of drug-likeness (QED) is 0.290. The molecule has 28 heavy (non-hydrogen) atoms. The molecule has 0 heterocycles. The Hall–Kier alpha value is -2.66. The first-order chi connectivity index (χ1) is 12.8. The Morgan fingerprint density at radius 1 is 0.929 bits per heavy atom. The van der Waals surface area contributed by atoms with Crippen molar-refractivity contribution in [2.45, 2.75) is 12.5 Å². The minimum Gasteiger partial charge on any atom is -0.448 e. The number of rotatable bonds is 4. The van der Waals surface area contributed by atoms with Crippen LogP contribution < -0.4 is 9.47 Å². The van der Waals surface area contributed by atoms with E-state index in [4.69, 9.17) is 4.74 Å². The second-order valence-electron chi connectivity index (χ2n) is 4.87. The number of aliphatic imine (C=N–C) groups is 1. The summed E-state index contributed by atoms with van der Waals surface area (Å²) in [5, 5.41) is 0. The highest BCUT2D eigenvalue weighted by Gasteiger charge is 2.34. The van der Waals surface area contributed by atoms with Crippen molar-refractivity contribution in [2.24, 2.45) is 4.99 Å². The topological polar surface area (TPSA) is 47.9 Å². The van der Waals surface area contributed by atoms with Gasteiger partial charge in [0.2, 0.25) is 6.08 Å². The van der Waals surface area contributed by atoms with Crippen molar-refractivity contribution in [3.8, 4) is 17.2 Å². The van der Waals surface area contributed by atoms with Crippen LogP contribution in [0.5, 0.6) is 17.2 Å². The average molecular weight is 478 g/mol. The van der Waals surface area contributed by atoms with E-state index in [0.29, 0.717) is 12.1 Å². The molecule has 0 bridgehead atoms. The number of hydrogen-bond donors (Lipinski definition) is 0. The number of alkyl halides is 6. The van der Waals surface area contributed by atoms with Gasteiger partial charge < -0.3 is 9.47 Å². The van der Waals surface area contributed by atoms with E-state index in [-0.39, 0.29) is 12.1 Å². The standard InChI is InChI=1S/C15H4BrF8NO3/c16-8-3-7(28-15(22,23)24)4-11(25-5-26)12(8)27-13-9(17)1-6(2-10(13)18)14(19,20)21/h1-4H. The molecular weight excluding hydrogens is 474 g/mol. The van der Waals surface area contributed by atoms with Crippen molar-refractivity contribution in [1.29, 1.82) is 0 Å². The van der Waals surface area contributed by atoms with E-state index in [2.05, 4.69) is 25.7 Å². The summed E-state index contributed by atoms with van der Waals surface area (Å²) in [4.78, 5) is 13.5. The number of carbonyl (C=O) groups excluding carboxylic acids is 1. The fourth-order valence-electron chi connectivity index (χ4n) is 1.90. The van der Waals surface area contributed by atoms with Gasteiger partial charge in [-0.3, -0.25) is 0 Å². The smallest absolute Gasteiger partial charge is 0.448 e. The van der Waals surface area contributed by atoms with Crippen molar-refractivity contribution >= 4 is 27.7 Å². The third-order valence-electron chi connectivity index (χ3n) is 2.93. The van der Waals surface area contributed by atoms with Gasteiger partial charge in [0.25, 0.3) is 0 Å². The summed E-state index contributed by atoms with van der Waals surface area (Å²) < 4.78 is 111. The van der Waals surface area contributed by atoms with Crippen molar-refractivity contribution in [3.05, 3.63) is 45.9 Å². The third-order valence-corrected chi connectivity index (χ3v) is 3.52. The van der Waals surface area contributed by atoms with E-state index >= 15 is 0 Å². The predicted octanol–water partition coefficient (Wildman–Crippen LogP) is 6.40. The van der Waals surface area contributed by atoms with Crippen LogP contribution in [0.15, 0.2) is 33.7 Å². The first-order valence-corrected chi connectivity index (χ1v) is 7.52. The van der Waals surface area contributed by atoms with Gasteiger partial charge in [0.15, 0.2) is 23.1 Å². The molecule has 4 nitrogen and oxygen atoms in total. The molecule has 0 radical (unpaired) electrons. The Morgan fingerprint density at radius 2 is 1.50 bits per heavy atom. The molecule has 0 N–H and O–H groups in total. The lowest BCUT2D eigenvalue weighted by Crippen LogP contribution is -2.17. The van der Waals surface area contributed by atoms with Crippen molar-refractivity contribution < 1.29 is 49.4 Å². The van der Waals surface area contributed by atoms with Crippen LogP contribution in [-0.2, 0) is 11.0 Å². The summed E-state index contributed by atoms with van der Waals surface area (Å²) >= 11 is 2.74. The molecule has 150 valence electrons. The molecule has 0 atom stereocenters. The first-order valence-electron chi connectivity index (χ1n) is 6.73. The fourth-order valence-corrected chi connectivity index (χ4v) is 2.41. The number of halogens is 9. The Bertz CT molecular complexity index is 929. The molecule has 0 aliphatic carbocycles. The monoisotopic (exact) mass is 477 g/mol. The zero-order valence-electron chi connectivity index (χ0n) is 12.9. The van der Waals surface area contributed by atoms with Crippen LogP contribution in [0.1, 0.15) is 5.56 Å². The number of hydrogen-bond acceptors (Lipinski definition) is 4. The van der Waals surface area contributed by atoms with Crippen LogP contribution in [0.4, 0.5) is 40.8 Å². The molecule has 13 heteroatoms. The summed E-state index contributed by atoms with van der Waals surface area (Å²) in [5.74, 6) is -6.35. The third kappa shape index (κ3) is 5.20. The first kappa shape index (κ1) is 21.6. The summed E-state index contributed by atoms with van der Waals surface area (Å²) in [6, 6.07) is 1.12. The molecule has 0 spiro atoms. The van der Waals surface area contributed by atoms with E-state index in [1.807, 2.05) is 0 Å². The molecule has 2 aromatic rings.